The molecule has 1 atom stereocenters. The maximum absolute atomic E-state index is 13.8. The number of aryl methyl sites for hydroxylation is 1. The minimum atomic E-state index is -0.131. The van der Waals surface area contributed by atoms with Gasteiger partial charge in [-0.05, 0) is 70.1 Å². The molecule has 0 bridgehead atoms. The molecular weight excluding hydrogens is 265 g/mol. The number of hydrogen-bond donors (Lipinski definition) is 1. The predicted molar refractivity (Wildman–Crippen MR) is 85.8 cm³/mol. The number of rotatable bonds is 5. The van der Waals surface area contributed by atoms with E-state index in [1.54, 1.807) is 13.0 Å². The van der Waals surface area contributed by atoms with Gasteiger partial charge in [-0.25, -0.2) is 4.39 Å². The Bertz CT molecular complexity index is 453. The summed E-state index contributed by atoms with van der Waals surface area (Å²) >= 11 is 0. The van der Waals surface area contributed by atoms with E-state index in [-0.39, 0.29) is 11.9 Å². The molecule has 2 rings (SSSR count). The molecule has 1 aliphatic heterocycles. The fourth-order valence-corrected chi connectivity index (χ4v) is 3.28. The second kappa shape index (κ2) is 7.34. The average Bonchev–Trinajstić information content (AvgIpc) is 2.45. The lowest BCUT2D eigenvalue weighted by Gasteiger charge is -2.38. The number of nitrogens with zero attached hydrogens (tertiary/aromatic N) is 2. The molecule has 0 aliphatic carbocycles. The maximum Gasteiger partial charge on any atom is 0.126 e. The van der Waals surface area contributed by atoms with Gasteiger partial charge in [0.15, 0.2) is 0 Å². The second-order valence-corrected chi connectivity index (χ2v) is 6.50. The first-order chi connectivity index (χ1) is 10.0. The first-order valence-corrected chi connectivity index (χ1v) is 7.86. The number of halogens is 1. The van der Waals surface area contributed by atoms with Crippen LogP contribution >= 0.6 is 0 Å². The lowest BCUT2D eigenvalue weighted by molar-refractivity contribution is 0.122. The van der Waals surface area contributed by atoms with Crippen molar-refractivity contribution in [2.24, 2.45) is 11.7 Å². The van der Waals surface area contributed by atoms with Crippen LogP contribution in [0.3, 0.4) is 0 Å². The van der Waals surface area contributed by atoms with Crippen molar-refractivity contribution in [3.8, 4) is 0 Å². The van der Waals surface area contributed by atoms with Crippen LogP contribution in [0.1, 0.15) is 30.0 Å². The predicted octanol–water partition coefficient (Wildman–Crippen LogP) is 2.41. The van der Waals surface area contributed by atoms with E-state index in [1.165, 1.54) is 12.8 Å². The van der Waals surface area contributed by atoms with Crippen LogP contribution in [-0.2, 0) is 0 Å². The van der Waals surface area contributed by atoms with Gasteiger partial charge in [-0.1, -0.05) is 12.1 Å². The van der Waals surface area contributed by atoms with Crippen LogP contribution in [0.4, 0.5) is 4.39 Å². The topological polar surface area (TPSA) is 32.5 Å². The van der Waals surface area contributed by atoms with E-state index in [0.717, 1.165) is 31.1 Å². The highest BCUT2D eigenvalue weighted by Gasteiger charge is 2.25. The Labute approximate surface area is 127 Å². The van der Waals surface area contributed by atoms with Gasteiger partial charge in [0.25, 0.3) is 0 Å². The lowest BCUT2D eigenvalue weighted by Crippen LogP contribution is -2.41. The van der Waals surface area contributed by atoms with E-state index >= 15 is 0 Å². The Morgan fingerprint density at radius 2 is 2.00 bits per heavy atom. The Hall–Kier alpha value is -0.970. The molecular formula is C17H28FN3. The highest BCUT2D eigenvalue weighted by Crippen LogP contribution is 2.27. The quantitative estimate of drug-likeness (QED) is 0.905. The zero-order valence-electron chi connectivity index (χ0n) is 13.5. The Balaban J connectivity index is 2.00. The molecule has 1 aromatic rings. The van der Waals surface area contributed by atoms with Crippen molar-refractivity contribution in [1.82, 2.24) is 9.80 Å². The largest absolute Gasteiger partial charge is 0.329 e. The van der Waals surface area contributed by atoms with E-state index in [2.05, 4.69) is 23.9 Å². The summed E-state index contributed by atoms with van der Waals surface area (Å²) < 4.78 is 13.8. The van der Waals surface area contributed by atoms with Crippen molar-refractivity contribution in [3.05, 3.63) is 35.1 Å². The van der Waals surface area contributed by atoms with Crippen LogP contribution in [-0.4, -0.2) is 50.1 Å². The highest BCUT2D eigenvalue weighted by molar-refractivity contribution is 5.26. The lowest BCUT2D eigenvalue weighted by atomic mass is 9.93. The smallest absolute Gasteiger partial charge is 0.126 e. The number of likely N-dealkylation sites (tertiary alicyclic amines) is 1. The zero-order valence-corrected chi connectivity index (χ0v) is 13.5. The van der Waals surface area contributed by atoms with Crippen molar-refractivity contribution in [2.75, 3.05) is 40.3 Å². The fourth-order valence-electron chi connectivity index (χ4n) is 3.28. The average molecular weight is 293 g/mol. The molecule has 1 aromatic carbocycles. The molecule has 4 heteroatoms. The van der Waals surface area contributed by atoms with Crippen LogP contribution in [0.2, 0.25) is 0 Å². The number of nitrogens with two attached hydrogens (primary N) is 1. The standard InChI is InChI=1S/C17H28FN3/c1-13-4-5-15(10-16(13)18)17(11-19)21-8-6-14(7-9-21)12-20(2)3/h4-5,10,14,17H,6-9,11-12,19H2,1-3H3. The molecule has 2 N–H and O–H groups in total. The molecule has 0 amide bonds. The van der Waals surface area contributed by atoms with E-state index in [4.69, 9.17) is 5.73 Å². The third kappa shape index (κ3) is 4.25. The van der Waals surface area contributed by atoms with Gasteiger partial charge in [0, 0.05) is 19.1 Å². The number of piperidine rings is 1. The minimum Gasteiger partial charge on any atom is -0.329 e. The van der Waals surface area contributed by atoms with E-state index in [0.29, 0.717) is 12.1 Å². The summed E-state index contributed by atoms with van der Waals surface area (Å²) in [4.78, 5) is 4.67. The van der Waals surface area contributed by atoms with Crippen molar-refractivity contribution in [3.63, 3.8) is 0 Å². The molecule has 0 saturated carbocycles. The SMILES string of the molecule is Cc1ccc(C(CN)N2CCC(CN(C)C)CC2)cc1F. The van der Waals surface area contributed by atoms with E-state index in [9.17, 15) is 4.39 Å². The normalized spacial score (nSPS) is 19.1. The van der Waals surface area contributed by atoms with Crippen molar-refractivity contribution in [1.29, 1.82) is 0 Å². The third-order valence-corrected chi connectivity index (χ3v) is 4.52. The summed E-state index contributed by atoms with van der Waals surface area (Å²) in [5.74, 6) is 0.637. The van der Waals surface area contributed by atoms with Gasteiger partial charge in [-0.2, -0.15) is 0 Å². The Morgan fingerprint density at radius 1 is 1.33 bits per heavy atom. The van der Waals surface area contributed by atoms with Crippen molar-refractivity contribution >= 4 is 0 Å². The van der Waals surface area contributed by atoms with Crippen LogP contribution in [0.5, 0.6) is 0 Å². The molecule has 0 spiro atoms. The first-order valence-electron chi connectivity index (χ1n) is 7.86. The molecule has 0 radical (unpaired) electrons. The summed E-state index contributed by atoms with van der Waals surface area (Å²) in [6.45, 7) is 5.59. The summed E-state index contributed by atoms with van der Waals surface area (Å²) in [7, 11) is 4.26. The van der Waals surface area contributed by atoms with Crippen molar-refractivity contribution < 1.29 is 4.39 Å². The molecule has 3 nitrogen and oxygen atoms in total. The van der Waals surface area contributed by atoms with Gasteiger partial charge in [0.05, 0.1) is 0 Å². The van der Waals surface area contributed by atoms with Crippen LogP contribution < -0.4 is 5.73 Å². The van der Waals surface area contributed by atoms with Gasteiger partial charge in [0.1, 0.15) is 5.82 Å². The molecule has 1 aliphatic rings. The summed E-state index contributed by atoms with van der Waals surface area (Å²) in [6.07, 6.45) is 2.39. The van der Waals surface area contributed by atoms with Crippen LogP contribution in [0.25, 0.3) is 0 Å². The van der Waals surface area contributed by atoms with Gasteiger partial charge in [-0.3, -0.25) is 4.90 Å². The molecule has 118 valence electrons. The van der Waals surface area contributed by atoms with Gasteiger partial charge in [-0.15, -0.1) is 0 Å². The maximum atomic E-state index is 13.8. The zero-order chi connectivity index (χ0) is 15.4. The molecule has 1 saturated heterocycles. The van der Waals surface area contributed by atoms with Gasteiger partial charge < -0.3 is 10.6 Å². The molecule has 0 aromatic heterocycles. The summed E-state index contributed by atoms with van der Waals surface area (Å²) in [6, 6.07) is 5.66. The third-order valence-electron chi connectivity index (χ3n) is 4.52. The summed E-state index contributed by atoms with van der Waals surface area (Å²) in [5, 5.41) is 0. The number of benzene rings is 1. The second-order valence-electron chi connectivity index (χ2n) is 6.50. The first kappa shape index (κ1) is 16.4. The van der Waals surface area contributed by atoms with Crippen molar-refractivity contribution in [2.45, 2.75) is 25.8 Å². The molecule has 1 fully saturated rings. The van der Waals surface area contributed by atoms with Crippen LogP contribution in [0, 0.1) is 18.7 Å². The summed E-state index contributed by atoms with van der Waals surface area (Å²) in [5.41, 5.74) is 7.67. The van der Waals surface area contributed by atoms with E-state index in [1.807, 2.05) is 12.1 Å². The Morgan fingerprint density at radius 3 is 2.52 bits per heavy atom. The monoisotopic (exact) mass is 293 g/mol. The van der Waals surface area contributed by atoms with Gasteiger partial charge >= 0.3 is 0 Å². The van der Waals surface area contributed by atoms with Crippen LogP contribution in [0.15, 0.2) is 18.2 Å². The Kier molecular flexibility index (Phi) is 5.73. The number of hydrogen-bond acceptors (Lipinski definition) is 3. The van der Waals surface area contributed by atoms with E-state index < -0.39 is 0 Å². The molecule has 1 unspecified atom stereocenters. The molecule has 21 heavy (non-hydrogen) atoms. The fraction of sp³-hybridized carbons (Fsp3) is 0.647. The highest BCUT2D eigenvalue weighted by atomic mass is 19.1. The molecule has 1 heterocycles. The van der Waals surface area contributed by atoms with Gasteiger partial charge in [0.2, 0.25) is 0 Å². The minimum absolute atomic E-state index is 0.131.